The van der Waals surface area contributed by atoms with Crippen LogP contribution in [0.1, 0.15) is 5.56 Å². The molecule has 0 unspecified atom stereocenters. The zero-order chi connectivity index (χ0) is 15.4. The summed E-state index contributed by atoms with van der Waals surface area (Å²) in [5.74, 6) is 0. The minimum absolute atomic E-state index is 0.661. The van der Waals surface area contributed by atoms with Gasteiger partial charge in [0.05, 0.1) is 11.9 Å². The Labute approximate surface area is 142 Å². The molecule has 0 aliphatic heterocycles. The molecule has 3 nitrogen and oxygen atoms in total. The van der Waals surface area contributed by atoms with Crippen molar-refractivity contribution in [3.05, 3.63) is 69.5 Å². The van der Waals surface area contributed by atoms with Crippen LogP contribution >= 0.6 is 34.5 Å². The Hall–Kier alpha value is -1.88. The van der Waals surface area contributed by atoms with E-state index in [0.717, 1.165) is 16.8 Å². The topological polar surface area (TPSA) is 37.3 Å². The van der Waals surface area contributed by atoms with Crippen LogP contribution in [-0.2, 0) is 0 Å². The molecule has 1 aromatic heterocycles. The van der Waals surface area contributed by atoms with Crippen LogP contribution in [0.4, 0.5) is 5.13 Å². The first-order valence-electron chi connectivity index (χ1n) is 6.47. The number of hydrogen-bond acceptors (Lipinski definition) is 4. The Morgan fingerprint density at radius 2 is 1.82 bits per heavy atom. The summed E-state index contributed by atoms with van der Waals surface area (Å²) in [7, 11) is 0. The van der Waals surface area contributed by atoms with Gasteiger partial charge in [0, 0.05) is 26.6 Å². The smallest absolute Gasteiger partial charge is 0.203 e. The van der Waals surface area contributed by atoms with E-state index in [2.05, 4.69) is 15.5 Å². The fraction of sp³-hybridized carbons (Fsp3) is 0. The number of thiazole rings is 1. The third-order valence-corrected chi connectivity index (χ3v) is 4.26. The quantitative estimate of drug-likeness (QED) is 0.495. The molecule has 0 aliphatic rings. The van der Waals surface area contributed by atoms with Gasteiger partial charge in [-0.25, -0.2) is 4.98 Å². The van der Waals surface area contributed by atoms with E-state index in [-0.39, 0.29) is 0 Å². The van der Waals surface area contributed by atoms with Gasteiger partial charge in [0.15, 0.2) is 0 Å². The average molecular weight is 348 g/mol. The van der Waals surface area contributed by atoms with Crippen molar-refractivity contribution < 1.29 is 0 Å². The summed E-state index contributed by atoms with van der Waals surface area (Å²) in [4.78, 5) is 4.48. The molecule has 0 fully saturated rings. The molecule has 0 atom stereocenters. The van der Waals surface area contributed by atoms with Crippen LogP contribution in [0, 0.1) is 0 Å². The minimum Gasteiger partial charge on any atom is -0.253 e. The van der Waals surface area contributed by atoms with Crippen molar-refractivity contribution in [1.82, 2.24) is 4.98 Å². The second-order valence-electron chi connectivity index (χ2n) is 4.44. The van der Waals surface area contributed by atoms with Crippen molar-refractivity contribution in [1.29, 1.82) is 0 Å². The van der Waals surface area contributed by atoms with Crippen molar-refractivity contribution in [2.24, 2.45) is 5.10 Å². The van der Waals surface area contributed by atoms with E-state index in [0.29, 0.717) is 15.2 Å². The van der Waals surface area contributed by atoms with Gasteiger partial charge in [-0.3, -0.25) is 5.43 Å². The van der Waals surface area contributed by atoms with Gasteiger partial charge < -0.3 is 0 Å². The largest absolute Gasteiger partial charge is 0.253 e. The van der Waals surface area contributed by atoms with Gasteiger partial charge in [-0.2, -0.15) is 5.10 Å². The standard InChI is InChI=1S/C16H11Cl2N3S/c17-13-7-5-11(6-8-13)15-10-22-16(20-15)21-19-9-12-3-1-2-4-14(12)18/h1-10H,(H,20,21)/b19-9-. The molecule has 0 radical (unpaired) electrons. The highest BCUT2D eigenvalue weighted by atomic mass is 35.5. The molecule has 0 amide bonds. The van der Waals surface area contributed by atoms with Crippen LogP contribution < -0.4 is 5.43 Å². The lowest BCUT2D eigenvalue weighted by Crippen LogP contribution is -1.90. The first-order valence-corrected chi connectivity index (χ1v) is 8.11. The highest BCUT2D eigenvalue weighted by Gasteiger charge is 2.03. The van der Waals surface area contributed by atoms with Crippen LogP contribution in [0.25, 0.3) is 11.3 Å². The van der Waals surface area contributed by atoms with Gasteiger partial charge in [-0.05, 0) is 18.2 Å². The van der Waals surface area contributed by atoms with E-state index >= 15 is 0 Å². The summed E-state index contributed by atoms with van der Waals surface area (Å²) >= 11 is 13.4. The first-order chi connectivity index (χ1) is 10.7. The second-order valence-corrected chi connectivity index (χ2v) is 6.14. The van der Waals surface area contributed by atoms with Gasteiger partial charge in [0.2, 0.25) is 5.13 Å². The number of nitrogens with zero attached hydrogens (tertiary/aromatic N) is 2. The third kappa shape index (κ3) is 3.65. The number of halogens is 2. The maximum atomic E-state index is 6.06. The SMILES string of the molecule is Clc1ccc(-c2csc(N/N=C\c3ccccc3Cl)n2)cc1. The van der Waals surface area contributed by atoms with E-state index in [9.17, 15) is 0 Å². The predicted octanol–water partition coefficient (Wildman–Crippen LogP) is 5.56. The summed E-state index contributed by atoms with van der Waals surface area (Å²) in [6, 6.07) is 15.1. The lowest BCUT2D eigenvalue weighted by atomic mass is 10.2. The summed E-state index contributed by atoms with van der Waals surface area (Å²) in [6.07, 6.45) is 1.67. The molecular weight excluding hydrogens is 337 g/mol. The molecule has 0 saturated heterocycles. The van der Waals surface area contributed by atoms with Crippen LogP contribution in [0.5, 0.6) is 0 Å². The van der Waals surface area contributed by atoms with E-state index in [4.69, 9.17) is 23.2 Å². The van der Waals surface area contributed by atoms with Crippen molar-refractivity contribution in [3.8, 4) is 11.3 Å². The molecule has 0 aliphatic carbocycles. The van der Waals surface area contributed by atoms with E-state index in [1.165, 1.54) is 11.3 Å². The number of aromatic nitrogens is 1. The Bertz CT molecular complexity index is 797. The Morgan fingerprint density at radius 1 is 1.05 bits per heavy atom. The van der Waals surface area contributed by atoms with E-state index in [1.807, 2.05) is 53.9 Å². The zero-order valence-corrected chi connectivity index (χ0v) is 13.7. The van der Waals surface area contributed by atoms with Crippen molar-refractivity contribution in [2.75, 3.05) is 5.43 Å². The Kier molecular flexibility index (Phi) is 4.73. The average Bonchev–Trinajstić information content (AvgIpc) is 2.99. The zero-order valence-electron chi connectivity index (χ0n) is 11.3. The van der Waals surface area contributed by atoms with Gasteiger partial charge in [0.25, 0.3) is 0 Å². The van der Waals surface area contributed by atoms with Crippen molar-refractivity contribution in [3.63, 3.8) is 0 Å². The van der Waals surface area contributed by atoms with E-state index in [1.54, 1.807) is 6.21 Å². The normalized spacial score (nSPS) is 11.0. The number of hydrogen-bond donors (Lipinski definition) is 1. The molecule has 0 bridgehead atoms. The molecule has 2 aromatic carbocycles. The number of rotatable bonds is 4. The number of hydrazone groups is 1. The molecule has 1 N–H and O–H groups in total. The van der Waals surface area contributed by atoms with Crippen LogP contribution in [0.3, 0.4) is 0 Å². The number of benzene rings is 2. The van der Waals surface area contributed by atoms with Crippen molar-refractivity contribution >= 4 is 45.9 Å². The highest BCUT2D eigenvalue weighted by Crippen LogP contribution is 2.26. The van der Waals surface area contributed by atoms with Crippen LogP contribution in [-0.4, -0.2) is 11.2 Å². The Morgan fingerprint density at radius 3 is 2.59 bits per heavy atom. The molecule has 3 rings (SSSR count). The molecule has 3 aromatic rings. The number of anilines is 1. The van der Waals surface area contributed by atoms with Crippen LogP contribution in [0.2, 0.25) is 10.0 Å². The highest BCUT2D eigenvalue weighted by molar-refractivity contribution is 7.14. The maximum Gasteiger partial charge on any atom is 0.203 e. The van der Waals surface area contributed by atoms with Gasteiger partial charge in [-0.15, -0.1) is 11.3 Å². The second kappa shape index (κ2) is 6.92. The van der Waals surface area contributed by atoms with Gasteiger partial charge in [-0.1, -0.05) is 53.5 Å². The lowest BCUT2D eigenvalue weighted by Gasteiger charge is -1.97. The number of nitrogens with one attached hydrogen (secondary N) is 1. The molecule has 0 saturated carbocycles. The lowest BCUT2D eigenvalue weighted by molar-refractivity contribution is 1.29. The third-order valence-electron chi connectivity index (χ3n) is 2.91. The van der Waals surface area contributed by atoms with Crippen LogP contribution in [0.15, 0.2) is 59.0 Å². The molecule has 0 spiro atoms. The van der Waals surface area contributed by atoms with Gasteiger partial charge >= 0.3 is 0 Å². The summed E-state index contributed by atoms with van der Waals surface area (Å²) in [5.41, 5.74) is 5.67. The first kappa shape index (κ1) is 15.0. The summed E-state index contributed by atoms with van der Waals surface area (Å²) in [6.45, 7) is 0. The van der Waals surface area contributed by atoms with Gasteiger partial charge in [0.1, 0.15) is 0 Å². The predicted molar refractivity (Wildman–Crippen MR) is 95.2 cm³/mol. The Balaban J connectivity index is 1.70. The van der Waals surface area contributed by atoms with Crippen molar-refractivity contribution in [2.45, 2.75) is 0 Å². The fourth-order valence-corrected chi connectivity index (χ4v) is 2.79. The molecule has 22 heavy (non-hydrogen) atoms. The fourth-order valence-electron chi connectivity index (χ4n) is 1.82. The molecule has 110 valence electrons. The maximum absolute atomic E-state index is 6.06. The monoisotopic (exact) mass is 347 g/mol. The minimum atomic E-state index is 0.661. The molecule has 6 heteroatoms. The van der Waals surface area contributed by atoms with E-state index < -0.39 is 0 Å². The molecular formula is C16H11Cl2N3S. The summed E-state index contributed by atoms with van der Waals surface area (Å²) < 4.78 is 0. The molecule has 1 heterocycles. The summed E-state index contributed by atoms with van der Waals surface area (Å²) in [5, 5.41) is 8.22.